The fourth-order valence-corrected chi connectivity index (χ4v) is 2.85. The molecule has 0 spiro atoms. The molecule has 2 aromatic carbocycles. The van der Waals surface area contributed by atoms with Gasteiger partial charge in [0.15, 0.2) is 0 Å². The molecule has 0 aliphatic rings. The van der Waals surface area contributed by atoms with Crippen LogP contribution in [0, 0.1) is 11.7 Å². The van der Waals surface area contributed by atoms with Crippen molar-refractivity contribution in [3.8, 4) is 0 Å². The average Bonchev–Trinajstić information content (AvgIpc) is 2.60. The maximum absolute atomic E-state index is 13.0. The fourth-order valence-electron chi connectivity index (χ4n) is 2.60. The maximum Gasteiger partial charge on any atom is 0.252 e. The first-order valence-electron chi connectivity index (χ1n) is 8.46. The monoisotopic (exact) mass is 376 g/mol. The Morgan fingerprint density at radius 2 is 1.81 bits per heavy atom. The highest BCUT2D eigenvalue weighted by atomic mass is 35.5. The Morgan fingerprint density at radius 3 is 2.42 bits per heavy atom. The molecule has 26 heavy (non-hydrogen) atoms. The highest BCUT2D eigenvalue weighted by molar-refractivity contribution is 6.33. The van der Waals surface area contributed by atoms with Crippen LogP contribution in [0.15, 0.2) is 48.5 Å². The van der Waals surface area contributed by atoms with Crippen LogP contribution in [0.5, 0.6) is 0 Å². The third-order valence-corrected chi connectivity index (χ3v) is 4.27. The summed E-state index contributed by atoms with van der Waals surface area (Å²) in [6.45, 7) is 4.24. The number of carbonyl (C=O) groups is 2. The molecule has 4 nitrogen and oxygen atoms in total. The number of carbonyl (C=O) groups excluding carboxylic acids is 2. The van der Waals surface area contributed by atoms with Crippen molar-refractivity contribution in [1.29, 1.82) is 0 Å². The number of benzene rings is 2. The predicted octanol–water partition coefficient (Wildman–Crippen LogP) is 4.11. The molecule has 0 saturated carbocycles. The normalized spacial score (nSPS) is 11.9. The molecule has 0 aromatic heterocycles. The molecular weight excluding hydrogens is 355 g/mol. The van der Waals surface area contributed by atoms with Crippen LogP contribution < -0.4 is 10.6 Å². The van der Waals surface area contributed by atoms with Crippen molar-refractivity contribution in [2.45, 2.75) is 26.3 Å². The molecule has 2 aromatic rings. The van der Waals surface area contributed by atoms with Gasteiger partial charge in [0, 0.05) is 13.0 Å². The van der Waals surface area contributed by atoms with Gasteiger partial charge >= 0.3 is 0 Å². The van der Waals surface area contributed by atoms with Gasteiger partial charge in [-0.15, -0.1) is 0 Å². The Hall–Kier alpha value is -2.40. The minimum Gasteiger partial charge on any atom is -0.351 e. The van der Waals surface area contributed by atoms with Crippen LogP contribution in [-0.4, -0.2) is 18.4 Å². The Labute approximate surface area is 157 Å². The lowest BCUT2D eigenvalue weighted by molar-refractivity contribution is -0.122. The topological polar surface area (TPSA) is 58.2 Å². The second-order valence-corrected chi connectivity index (χ2v) is 6.74. The van der Waals surface area contributed by atoms with Gasteiger partial charge < -0.3 is 10.6 Å². The number of nitrogens with one attached hydrogen (secondary N) is 2. The van der Waals surface area contributed by atoms with E-state index in [-0.39, 0.29) is 41.4 Å². The summed E-state index contributed by atoms with van der Waals surface area (Å²) < 4.78 is 13.0. The van der Waals surface area contributed by atoms with E-state index in [4.69, 9.17) is 11.6 Å². The number of hydrogen-bond acceptors (Lipinski definition) is 2. The summed E-state index contributed by atoms with van der Waals surface area (Å²) in [6.07, 6.45) is 0.139. The molecule has 0 fully saturated rings. The van der Waals surface area contributed by atoms with Gasteiger partial charge in [-0.25, -0.2) is 4.39 Å². The molecular formula is C20H22ClFN2O2. The zero-order valence-electron chi connectivity index (χ0n) is 14.8. The molecule has 0 bridgehead atoms. The van der Waals surface area contributed by atoms with Crippen molar-refractivity contribution in [1.82, 2.24) is 10.6 Å². The quantitative estimate of drug-likeness (QED) is 0.763. The lowest BCUT2D eigenvalue weighted by atomic mass is 9.96. The van der Waals surface area contributed by atoms with E-state index in [9.17, 15) is 14.0 Å². The van der Waals surface area contributed by atoms with E-state index in [1.165, 1.54) is 12.1 Å². The zero-order chi connectivity index (χ0) is 19.1. The van der Waals surface area contributed by atoms with Gasteiger partial charge in [0.1, 0.15) is 5.82 Å². The minimum absolute atomic E-state index is 0.0379. The van der Waals surface area contributed by atoms with Crippen molar-refractivity contribution in [3.05, 3.63) is 70.5 Å². The first-order valence-corrected chi connectivity index (χ1v) is 8.84. The summed E-state index contributed by atoms with van der Waals surface area (Å²) in [4.78, 5) is 24.3. The molecule has 1 atom stereocenters. The van der Waals surface area contributed by atoms with Gasteiger partial charge in [-0.1, -0.05) is 55.8 Å². The Balaban J connectivity index is 1.87. The molecule has 2 amide bonds. The smallest absolute Gasteiger partial charge is 0.252 e. The Morgan fingerprint density at radius 1 is 1.12 bits per heavy atom. The van der Waals surface area contributed by atoms with Gasteiger partial charge in [-0.3, -0.25) is 9.59 Å². The van der Waals surface area contributed by atoms with Crippen LogP contribution in [0.2, 0.25) is 5.02 Å². The van der Waals surface area contributed by atoms with Crippen LogP contribution in [-0.2, 0) is 4.79 Å². The largest absolute Gasteiger partial charge is 0.351 e. The molecule has 2 rings (SSSR count). The summed E-state index contributed by atoms with van der Waals surface area (Å²) in [5.41, 5.74) is 1.22. The highest BCUT2D eigenvalue weighted by Crippen LogP contribution is 2.21. The van der Waals surface area contributed by atoms with Gasteiger partial charge in [0.25, 0.3) is 5.91 Å². The molecule has 0 saturated heterocycles. The van der Waals surface area contributed by atoms with E-state index in [1.54, 1.807) is 0 Å². The summed E-state index contributed by atoms with van der Waals surface area (Å²) >= 11 is 5.86. The Kier molecular flexibility index (Phi) is 7.16. The highest BCUT2D eigenvalue weighted by Gasteiger charge is 2.18. The van der Waals surface area contributed by atoms with Gasteiger partial charge in [-0.2, -0.15) is 0 Å². The lowest BCUT2D eigenvalue weighted by Gasteiger charge is -2.23. The molecule has 0 unspecified atom stereocenters. The summed E-state index contributed by atoms with van der Waals surface area (Å²) in [5, 5.41) is 5.66. The van der Waals surface area contributed by atoms with Crippen LogP contribution in [0.3, 0.4) is 0 Å². The lowest BCUT2D eigenvalue weighted by Crippen LogP contribution is -2.34. The summed E-state index contributed by atoms with van der Waals surface area (Å²) in [7, 11) is 0. The first kappa shape index (κ1) is 19.9. The van der Waals surface area contributed by atoms with E-state index in [2.05, 4.69) is 10.6 Å². The van der Waals surface area contributed by atoms with Crippen LogP contribution in [0.25, 0.3) is 0 Å². The zero-order valence-corrected chi connectivity index (χ0v) is 15.5. The molecule has 0 radical (unpaired) electrons. The molecule has 0 aliphatic carbocycles. The number of halogens is 2. The number of amides is 2. The molecule has 2 N–H and O–H groups in total. The van der Waals surface area contributed by atoms with Crippen molar-refractivity contribution in [2.24, 2.45) is 5.92 Å². The van der Waals surface area contributed by atoms with Crippen LogP contribution in [0.4, 0.5) is 4.39 Å². The number of hydrogen-bond donors (Lipinski definition) is 2. The standard InChI is InChI=1S/C20H22ClFN2O2/c1-13(2)19(14-6-4-3-5-7-14)24-18(25)10-11-23-20(26)16-9-8-15(22)12-17(16)21/h3-9,12-13,19H,10-11H2,1-2H3,(H,23,26)(H,24,25)/t19-/m1/s1. The van der Waals surface area contributed by atoms with Crippen molar-refractivity contribution < 1.29 is 14.0 Å². The average molecular weight is 377 g/mol. The minimum atomic E-state index is -0.508. The van der Waals surface area contributed by atoms with Gasteiger partial charge in [-0.05, 0) is 29.7 Å². The molecule has 138 valence electrons. The molecule has 0 heterocycles. The van der Waals surface area contributed by atoms with Crippen LogP contribution >= 0.6 is 11.6 Å². The van der Waals surface area contributed by atoms with E-state index in [0.29, 0.717) is 0 Å². The summed E-state index contributed by atoms with van der Waals surface area (Å²) in [6, 6.07) is 13.2. The maximum atomic E-state index is 13.0. The third kappa shape index (κ3) is 5.56. The Bertz CT molecular complexity index is 766. The third-order valence-electron chi connectivity index (χ3n) is 3.96. The van der Waals surface area contributed by atoms with Crippen molar-refractivity contribution in [2.75, 3.05) is 6.54 Å². The SMILES string of the molecule is CC(C)[C@@H](NC(=O)CCNC(=O)c1ccc(F)cc1Cl)c1ccccc1. The first-order chi connectivity index (χ1) is 12.4. The van der Waals surface area contributed by atoms with E-state index < -0.39 is 11.7 Å². The van der Waals surface area contributed by atoms with E-state index in [0.717, 1.165) is 11.6 Å². The molecule has 6 heteroatoms. The van der Waals surface area contributed by atoms with Crippen molar-refractivity contribution >= 4 is 23.4 Å². The van der Waals surface area contributed by atoms with Gasteiger partial charge in [0.05, 0.1) is 16.6 Å². The van der Waals surface area contributed by atoms with Crippen molar-refractivity contribution in [3.63, 3.8) is 0 Å². The number of rotatable bonds is 7. The van der Waals surface area contributed by atoms with E-state index in [1.807, 2.05) is 44.2 Å². The summed E-state index contributed by atoms with van der Waals surface area (Å²) in [5.74, 6) is -0.871. The fraction of sp³-hybridized carbons (Fsp3) is 0.300. The predicted molar refractivity (Wildman–Crippen MR) is 101 cm³/mol. The van der Waals surface area contributed by atoms with Crippen LogP contribution in [0.1, 0.15) is 42.2 Å². The molecule has 0 aliphatic heterocycles. The van der Waals surface area contributed by atoms with E-state index >= 15 is 0 Å². The second kappa shape index (κ2) is 9.34. The second-order valence-electron chi connectivity index (χ2n) is 6.33. The van der Waals surface area contributed by atoms with Gasteiger partial charge in [0.2, 0.25) is 5.91 Å².